The van der Waals surface area contributed by atoms with E-state index < -0.39 is 0 Å². The molecule has 144 valence electrons. The van der Waals surface area contributed by atoms with Gasteiger partial charge < -0.3 is 10.6 Å². The lowest BCUT2D eigenvalue weighted by Gasteiger charge is -2.19. The van der Waals surface area contributed by atoms with Gasteiger partial charge in [0.05, 0.1) is 19.1 Å². The van der Waals surface area contributed by atoms with Crippen LogP contribution < -0.4 is 10.6 Å². The van der Waals surface area contributed by atoms with Crippen LogP contribution >= 0.6 is 27.5 Å². The fourth-order valence-corrected chi connectivity index (χ4v) is 3.23. The summed E-state index contributed by atoms with van der Waals surface area (Å²) in [6, 6.07) is 12.9. The lowest BCUT2D eigenvalue weighted by molar-refractivity contribution is -0.123. The average molecular weight is 453 g/mol. The quantitative estimate of drug-likeness (QED) is 0.663. The summed E-state index contributed by atoms with van der Waals surface area (Å²) in [6.45, 7) is 4.09. The topological polar surface area (TPSA) is 61.4 Å². The predicted molar refractivity (Wildman–Crippen MR) is 113 cm³/mol. The molecule has 0 aliphatic heterocycles. The van der Waals surface area contributed by atoms with Crippen LogP contribution in [0.3, 0.4) is 0 Å². The molecule has 0 saturated carbocycles. The summed E-state index contributed by atoms with van der Waals surface area (Å²) in [5.74, 6) is -0.311. The number of carbonyl (C=O) groups is 2. The molecule has 0 saturated heterocycles. The standard InChI is InChI=1S/C20H23BrClN3O2/c1-13-10-16(21)6-9-18(13)24-20(27)12-25(3)11-19(26)23-14(2)15-4-7-17(22)8-5-15/h4-10,14H,11-12H2,1-3H3,(H,23,26)(H,24,27)/t14-/m0/s1. The fraction of sp³-hybridized carbons (Fsp3) is 0.300. The summed E-state index contributed by atoms with van der Waals surface area (Å²) in [5.41, 5.74) is 2.70. The highest BCUT2D eigenvalue weighted by molar-refractivity contribution is 9.10. The van der Waals surface area contributed by atoms with E-state index in [0.717, 1.165) is 21.3 Å². The number of aryl methyl sites for hydroxylation is 1. The molecule has 0 aliphatic rings. The molecule has 1 atom stereocenters. The van der Waals surface area contributed by atoms with E-state index in [1.807, 2.05) is 44.2 Å². The maximum absolute atomic E-state index is 12.2. The van der Waals surface area contributed by atoms with Crippen LogP contribution in [0.4, 0.5) is 5.69 Å². The van der Waals surface area contributed by atoms with Crippen molar-refractivity contribution in [2.75, 3.05) is 25.5 Å². The van der Waals surface area contributed by atoms with Gasteiger partial charge in [-0.05, 0) is 62.4 Å². The summed E-state index contributed by atoms with van der Waals surface area (Å²) in [7, 11) is 1.74. The maximum atomic E-state index is 12.2. The van der Waals surface area contributed by atoms with Gasteiger partial charge in [0.2, 0.25) is 11.8 Å². The summed E-state index contributed by atoms with van der Waals surface area (Å²) in [4.78, 5) is 26.1. The summed E-state index contributed by atoms with van der Waals surface area (Å²) < 4.78 is 0.960. The third-order valence-electron chi connectivity index (χ3n) is 4.04. The van der Waals surface area contributed by atoms with E-state index in [1.165, 1.54) is 0 Å². The van der Waals surface area contributed by atoms with Crippen molar-refractivity contribution in [3.63, 3.8) is 0 Å². The first-order chi connectivity index (χ1) is 12.7. The van der Waals surface area contributed by atoms with Gasteiger partial charge in [-0.2, -0.15) is 0 Å². The minimum Gasteiger partial charge on any atom is -0.348 e. The number of hydrogen-bond donors (Lipinski definition) is 2. The highest BCUT2D eigenvalue weighted by Gasteiger charge is 2.14. The zero-order valence-corrected chi connectivity index (χ0v) is 17.9. The molecule has 2 amide bonds. The van der Waals surface area contributed by atoms with Crippen molar-refractivity contribution >= 4 is 45.0 Å². The number of likely N-dealkylation sites (N-methyl/N-ethyl adjacent to an activating group) is 1. The number of nitrogens with zero attached hydrogens (tertiary/aromatic N) is 1. The largest absolute Gasteiger partial charge is 0.348 e. The molecule has 0 aliphatic carbocycles. The van der Waals surface area contributed by atoms with E-state index in [-0.39, 0.29) is 30.9 Å². The van der Waals surface area contributed by atoms with Crippen molar-refractivity contribution in [2.45, 2.75) is 19.9 Å². The second-order valence-corrected chi connectivity index (χ2v) is 7.87. The summed E-state index contributed by atoms with van der Waals surface area (Å²) in [5, 5.41) is 6.45. The molecular formula is C20H23BrClN3O2. The second-order valence-electron chi connectivity index (χ2n) is 6.52. The maximum Gasteiger partial charge on any atom is 0.238 e. The van der Waals surface area contributed by atoms with Crippen molar-refractivity contribution in [1.82, 2.24) is 10.2 Å². The Bertz CT molecular complexity index is 811. The van der Waals surface area contributed by atoms with Crippen LogP contribution in [0.2, 0.25) is 5.02 Å². The summed E-state index contributed by atoms with van der Waals surface area (Å²) in [6.07, 6.45) is 0. The highest BCUT2D eigenvalue weighted by Crippen LogP contribution is 2.20. The lowest BCUT2D eigenvalue weighted by atomic mass is 10.1. The molecule has 5 nitrogen and oxygen atoms in total. The number of benzene rings is 2. The molecule has 2 aromatic carbocycles. The van der Waals surface area contributed by atoms with Crippen LogP contribution in [0, 0.1) is 6.92 Å². The van der Waals surface area contributed by atoms with Crippen molar-refractivity contribution in [2.24, 2.45) is 0 Å². The number of nitrogens with one attached hydrogen (secondary N) is 2. The van der Waals surface area contributed by atoms with E-state index in [0.29, 0.717) is 5.02 Å². The first-order valence-corrected chi connectivity index (χ1v) is 9.71. The van der Waals surface area contributed by atoms with Gasteiger partial charge in [0.15, 0.2) is 0 Å². The monoisotopic (exact) mass is 451 g/mol. The van der Waals surface area contributed by atoms with E-state index in [1.54, 1.807) is 24.1 Å². The molecule has 2 rings (SSSR count). The van der Waals surface area contributed by atoms with Crippen LogP contribution in [0.25, 0.3) is 0 Å². The van der Waals surface area contributed by atoms with Crippen molar-refractivity contribution in [3.8, 4) is 0 Å². The molecule has 2 aromatic rings. The lowest BCUT2D eigenvalue weighted by Crippen LogP contribution is -2.39. The molecule has 27 heavy (non-hydrogen) atoms. The zero-order valence-electron chi connectivity index (χ0n) is 15.6. The van der Waals surface area contributed by atoms with Crippen molar-refractivity contribution in [1.29, 1.82) is 0 Å². The molecule has 7 heteroatoms. The molecule has 0 spiro atoms. The molecule has 2 N–H and O–H groups in total. The Morgan fingerprint density at radius 2 is 1.74 bits per heavy atom. The van der Waals surface area contributed by atoms with Gasteiger partial charge in [-0.15, -0.1) is 0 Å². The van der Waals surface area contributed by atoms with Gasteiger partial charge in [0.1, 0.15) is 0 Å². The Kier molecular flexibility index (Phi) is 7.83. The fourth-order valence-electron chi connectivity index (χ4n) is 2.63. The third kappa shape index (κ3) is 6.97. The van der Waals surface area contributed by atoms with Gasteiger partial charge in [-0.25, -0.2) is 0 Å². The van der Waals surface area contributed by atoms with Crippen LogP contribution in [0.5, 0.6) is 0 Å². The molecule has 0 radical (unpaired) electrons. The highest BCUT2D eigenvalue weighted by atomic mass is 79.9. The van der Waals surface area contributed by atoms with E-state index in [4.69, 9.17) is 11.6 Å². The van der Waals surface area contributed by atoms with Crippen LogP contribution in [0.1, 0.15) is 24.1 Å². The van der Waals surface area contributed by atoms with E-state index >= 15 is 0 Å². The third-order valence-corrected chi connectivity index (χ3v) is 4.78. The Hall–Kier alpha value is -1.89. The van der Waals surface area contributed by atoms with Crippen LogP contribution in [0.15, 0.2) is 46.9 Å². The smallest absolute Gasteiger partial charge is 0.238 e. The van der Waals surface area contributed by atoms with E-state index in [2.05, 4.69) is 26.6 Å². The Morgan fingerprint density at radius 3 is 2.37 bits per heavy atom. The summed E-state index contributed by atoms with van der Waals surface area (Å²) >= 11 is 9.28. The molecule has 0 fully saturated rings. The molecule has 0 heterocycles. The van der Waals surface area contributed by atoms with Crippen LogP contribution in [-0.4, -0.2) is 36.9 Å². The van der Waals surface area contributed by atoms with Crippen LogP contribution in [-0.2, 0) is 9.59 Å². The van der Waals surface area contributed by atoms with Gasteiger partial charge in [-0.1, -0.05) is 39.7 Å². The molecule has 0 aromatic heterocycles. The Labute approximate surface area is 173 Å². The minimum absolute atomic E-state index is 0.123. The SMILES string of the molecule is Cc1cc(Br)ccc1NC(=O)CN(C)CC(=O)N[C@@H](C)c1ccc(Cl)cc1. The zero-order chi connectivity index (χ0) is 20.0. The number of anilines is 1. The number of halogens is 2. The normalized spacial score (nSPS) is 11.9. The van der Waals surface area contributed by atoms with Gasteiger partial charge in [0.25, 0.3) is 0 Å². The Morgan fingerprint density at radius 1 is 1.11 bits per heavy atom. The average Bonchev–Trinajstić information content (AvgIpc) is 2.57. The number of carbonyl (C=O) groups excluding carboxylic acids is 2. The minimum atomic E-state index is -0.165. The number of hydrogen-bond acceptors (Lipinski definition) is 3. The van der Waals surface area contributed by atoms with Gasteiger partial charge in [-0.3, -0.25) is 14.5 Å². The second kappa shape index (κ2) is 9.88. The molecule has 0 unspecified atom stereocenters. The first kappa shape index (κ1) is 21.4. The van der Waals surface area contributed by atoms with E-state index in [9.17, 15) is 9.59 Å². The number of rotatable bonds is 7. The molecule has 0 bridgehead atoms. The van der Waals surface area contributed by atoms with Gasteiger partial charge in [0, 0.05) is 15.2 Å². The van der Waals surface area contributed by atoms with Crippen molar-refractivity contribution < 1.29 is 9.59 Å². The van der Waals surface area contributed by atoms with Crippen molar-refractivity contribution in [3.05, 3.63) is 63.1 Å². The van der Waals surface area contributed by atoms with Gasteiger partial charge >= 0.3 is 0 Å². The molecular weight excluding hydrogens is 430 g/mol. The first-order valence-electron chi connectivity index (χ1n) is 8.54. The number of amides is 2. The predicted octanol–water partition coefficient (Wildman–Crippen LogP) is 4.16. The Balaban J connectivity index is 1.81.